The van der Waals surface area contributed by atoms with Gasteiger partial charge in [-0.2, -0.15) is 5.10 Å². The highest BCUT2D eigenvalue weighted by Gasteiger charge is 2.07. The number of nitrogens with one attached hydrogen (secondary N) is 1. The van der Waals surface area contributed by atoms with Crippen molar-refractivity contribution >= 4 is 17.7 Å². The number of ether oxygens (including phenoxy) is 2. The summed E-state index contributed by atoms with van der Waals surface area (Å²) < 4.78 is 12.2. The van der Waals surface area contributed by atoms with Gasteiger partial charge < -0.3 is 14.8 Å². The molecule has 2 aromatic rings. The molecule has 1 amide bonds. The average Bonchev–Trinajstić information content (AvgIpc) is 2.77. The van der Waals surface area contributed by atoms with Gasteiger partial charge in [-0.15, -0.1) is 0 Å². The van der Waals surface area contributed by atoms with Gasteiger partial charge in [0, 0.05) is 48.3 Å². The lowest BCUT2D eigenvalue weighted by atomic mass is 10.2. The fraction of sp³-hybridized carbons (Fsp3) is 0.294. The zero-order chi connectivity index (χ0) is 17.0. The first-order chi connectivity index (χ1) is 10.9. The lowest BCUT2D eigenvalue weighted by Gasteiger charge is -2.08. The van der Waals surface area contributed by atoms with E-state index in [-0.39, 0.29) is 5.91 Å². The average molecular weight is 315 g/mol. The zero-order valence-electron chi connectivity index (χ0n) is 14.0. The number of nitrogens with zero attached hydrogens (tertiary/aromatic N) is 2. The van der Waals surface area contributed by atoms with Gasteiger partial charge in [0.2, 0.25) is 5.91 Å². The first-order valence-electron chi connectivity index (χ1n) is 7.17. The lowest BCUT2D eigenvalue weighted by molar-refractivity contribution is -0.111. The molecule has 1 aromatic heterocycles. The summed E-state index contributed by atoms with van der Waals surface area (Å²) in [4.78, 5) is 12.1. The highest BCUT2D eigenvalue weighted by Crippen LogP contribution is 2.25. The van der Waals surface area contributed by atoms with E-state index in [4.69, 9.17) is 9.47 Å². The van der Waals surface area contributed by atoms with Crippen molar-refractivity contribution in [3.05, 3.63) is 41.2 Å². The number of anilines is 1. The summed E-state index contributed by atoms with van der Waals surface area (Å²) in [5, 5.41) is 7.11. The Kier molecular flexibility index (Phi) is 5.05. The van der Waals surface area contributed by atoms with Crippen molar-refractivity contribution in [2.75, 3.05) is 19.5 Å². The second-order valence-electron chi connectivity index (χ2n) is 5.13. The minimum Gasteiger partial charge on any atom is -0.497 e. The highest BCUT2D eigenvalue weighted by atomic mass is 16.5. The summed E-state index contributed by atoms with van der Waals surface area (Å²) in [6.45, 7) is 3.88. The Morgan fingerprint density at radius 3 is 2.26 bits per heavy atom. The molecule has 1 aromatic carbocycles. The molecule has 6 heteroatoms. The maximum absolute atomic E-state index is 12.1. The van der Waals surface area contributed by atoms with Gasteiger partial charge in [-0.1, -0.05) is 0 Å². The number of benzene rings is 1. The van der Waals surface area contributed by atoms with Crippen molar-refractivity contribution in [2.24, 2.45) is 7.05 Å². The van der Waals surface area contributed by atoms with E-state index >= 15 is 0 Å². The van der Waals surface area contributed by atoms with Crippen LogP contribution in [-0.4, -0.2) is 29.9 Å². The number of rotatable bonds is 5. The van der Waals surface area contributed by atoms with Gasteiger partial charge in [0.25, 0.3) is 0 Å². The van der Waals surface area contributed by atoms with Crippen LogP contribution in [0.1, 0.15) is 17.0 Å². The molecule has 0 aliphatic heterocycles. The maximum atomic E-state index is 12.1. The molecule has 0 atom stereocenters. The SMILES string of the molecule is COc1cc(NC(=O)/C=C/c2c(C)nn(C)c2C)cc(OC)c1. The van der Waals surface area contributed by atoms with Gasteiger partial charge in [0.1, 0.15) is 11.5 Å². The third-order valence-electron chi connectivity index (χ3n) is 3.59. The monoisotopic (exact) mass is 315 g/mol. The van der Waals surface area contributed by atoms with Crippen LogP contribution in [0.15, 0.2) is 24.3 Å². The second kappa shape index (κ2) is 7.00. The van der Waals surface area contributed by atoms with E-state index in [2.05, 4.69) is 10.4 Å². The zero-order valence-corrected chi connectivity index (χ0v) is 14.0. The van der Waals surface area contributed by atoms with E-state index in [1.165, 1.54) is 6.08 Å². The van der Waals surface area contributed by atoms with E-state index in [1.54, 1.807) is 43.2 Å². The number of aryl methyl sites for hydroxylation is 2. The molecule has 6 nitrogen and oxygen atoms in total. The van der Waals surface area contributed by atoms with Gasteiger partial charge in [0.05, 0.1) is 19.9 Å². The summed E-state index contributed by atoms with van der Waals surface area (Å²) >= 11 is 0. The van der Waals surface area contributed by atoms with E-state index in [0.29, 0.717) is 17.2 Å². The van der Waals surface area contributed by atoms with Crippen molar-refractivity contribution < 1.29 is 14.3 Å². The molecule has 0 radical (unpaired) electrons. The van der Waals surface area contributed by atoms with Crippen molar-refractivity contribution in [3.8, 4) is 11.5 Å². The molecule has 0 bridgehead atoms. The van der Waals surface area contributed by atoms with Crippen LogP contribution in [0.25, 0.3) is 6.08 Å². The fourth-order valence-electron chi connectivity index (χ4n) is 2.25. The van der Waals surface area contributed by atoms with Gasteiger partial charge >= 0.3 is 0 Å². The summed E-state index contributed by atoms with van der Waals surface area (Å²) in [6, 6.07) is 5.21. The Balaban J connectivity index is 2.14. The maximum Gasteiger partial charge on any atom is 0.248 e. The summed E-state index contributed by atoms with van der Waals surface area (Å²) in [6.07, 6.45) is 3.26. The minimum absolute atomic E-state index is 0.233. The summed E-state index contributed by atoms with van der Waals surface area (Å²) in [7, 11) is 5.00. The third-order valence-corrected chi connectivity index (χ3v) is 3.59. The highest BCUT2D eigenvalue weighted by molar-refractivity contribution is 6.02. The van der Waals surface area contributed by atoms with E-state index in [1.807, 2.05) is 20.9 Å². The van der Waals surface area contributed by atoms with Crippen LogP contribution >= 0.6 is 0 Å². The Bertz CT molecular complexity index is 726. The Hall–Kier alpha value is -2.76. The van der Waals surface area contributed by atoms with E-state index in [0.717, 1.165) is 17.0 Å². The van der Waals surface area contributed by atoms with Crippen molar-refractivity contribution in [1.29, 1.82) is 0 Å². The van der Waals surface area contributed by atoms with Crippen molar-refractivity contribution in [3.63, 3.8) is 0 Å². The lowest BCUT2D eigenvalue weighted by Crippen LogP contribution is -2.08. The molecule has 0 unspecified atom stereocenters. The number of carbonyl (C=O) groups excluding carboxylic acids is 1. The fourth-order valence-corrected chi connectivity index (χ4v) is 2.25. The molecule has 0 aliphatic rings. The van der Waals surface area contributed by atoms with E-state index < -0.39 is 0 Å². The molecular weight excluding hydrogens is 294 g/mol. The largest absolute Gasteiger partial charge is 0.497 e. The quantitative estimate of drug-likeness (QED) is 0.862. The number of hydrogen-bond donors (Lipinski definition) is 1. The van der Waals surface area contributed by atoms with Crippen LogP contribution in [0.3, 0.4) is 0 Å². The first kappa shape index (κ1) is 16.6. The standard InChI is InChI=1S/C17H21N3O3/c1-11-16(12(2)20(3)19-11)6-7-17(21)18-13-8-14(22-4)10-15(9-13)23-5/h6-10H,1-5H3,(H,18,21)/b7-6+. The van der Waals surface area contributed by atoms with Crippen LogP contribution in [0.2, 0.25) is 0 Å². The van der Waals surface area contributed by atoms with Gasteiger partial charge in [-0.25, -0.2) is 0 Å². The van der Waals surface area contributed by atoms with Crippen molar-refractivity contribution in [1.82, 2.24) is 9.78 Å². The Labute approximate surface area is 135 Å². The number of amides is 1. The van der Waals surface area contributed by atoms with Gasteiger partial charge in [-0.05, 0) is 19.9 Å². The minimum atomic E-state index is -0.233. The molecule has 1 heterocycles. The third kappa shape index (κ3) is 3.91. The molecule has 0 spiro atoms. The molecule has 0 fully saturated rings. The van der Waals surface area contributed by atoms with Crippen LogP contribution in [-0.2, 0) is 11.8 Å². The topological polar surface area (TPSA) is 65.4 Å². The molecular formula is C17H21N3O3. The normalized spacial score (nSPS) is 10.8. The summed E-state index contributed by atoms with van der Waals surface area (Å²) in [5.74, 6) is 0.994. The van der Waals surface area contributed by atoms with E-state index in [9.17, 15) is 4.79 Å². The number of hydrogen-bond acceptors (Lipinski definition) is 4. The Morgan fingerprint density at radius 1 is 1.17 bits per heavy atom. The number of methoxy groups -OCH3 is 2. The smallest absolute Gasteiger partial charge is 0.248 e. The van der Waals surface area contributed by atoms with Gasteiger partial charge in [0.15, 0.2) is 0 Å². The number of carbonyl (C=O) groups is 1. The Morgan fingerprint density at radius 2 is 1.78 bits per heavy atom. The second-order valence-corrected chi connectivity index (χ2v) is 5.13. The molecule has 122 valence electrons. The van der Waals surface area contributed by atoms with Crippen molar-refractivity contribution in [2.45, 2.75) is 13.8 Å². The summed E-state index contributed by atoms with van der Waals surface area (Å²) in [5.41, 5.74) is 3.45. The molecule has 1 N–H and O–H groups in total. The van der Waals surface area contributed by atoms with Crippen LogP contribution in [0.5, 0.6) is 11.5 Å². The molecule has 23 heavy (non-hydrogen) atoms. The van der Waals surface area contributed by atoms with Crippen LogP contribution < -0.4 is 14.8 Å². The molecule has 2 rings (SSSR count). The van der Waals surface area contributed by atoms with Crippen LogP contribution in [0.4, 0.5) is 5.69 Å². The van der Waals surface area contributed by atoms with Crippen LogP contribution in [0, 0.1) is 13.8 Å². The predicted molar refractivity (Wildman–Crippen MR) is 89.9 cm³/mol. The molecule has 0 saturated heterocycles. The number of aromatic nitrogens is 2. The molecule has 0 aliphatic carbocycles. The predicted octanol–water partition coefficient (Wildman–Crippen LogP) is 2.71. The van der Waals surface area contributed by atoms with Gasteiger partial charge in [-0.3, -0.25) is 9.48 Å². The molecule has 0 saturated carbocycles. The first-order valence-corrected chi connectivity index (χ1v) is 7.17.